The van der Waals surface area contributed by atoms with Gasteiger partial charge in [0, 0.05) is 16.6 Å². The molecule has 0 fully saturated rings. The Labute approximate surface area is 161 Å². The van der Waals surface area contributed by atoms with E-state index >= 15 is 0 Å². The van der Waals surface area contributed by atoms with Crippen molar-refractivity contribution >= 4 is 22.6 Å². The molecular weight excluding hydrogens is 354 g/mol. The quantitative estimate of drug-likeness (QED) is 0.527. The molecule has 0 saturated carbocycles. The number of hydrogen-bond acceptors (Lipinski definition) is 4. The van der Waals surface area contributed by atoms with E-state index in [0.29, 0.717) is 33.7 Å². The molecule has 0 aliphatic rings. The van der Waals surface area contributed by atoms with Gasteiger partial charge in [-0.15, -0.1) is 0 Å². The average Bonchev–Trinajstić information content (AvgIpc) is 2.74. The number of benzene rings is 3. The Morgan fingerprint density at radius 1 is 0.929 bits per heavy atom. The number of para-hydroxylation sites is 1. The van der Waals surface area contributed by atoms with Gasteiger partial charge >= 0.3 is 5.63 Å². The fourth-order valence-electron chi connectivity index (χ4n) is 2.97. The zero-order valence-electron chi connectivity index (χ0n) is 15.1. The third-order valence-electron chi connectivity index (χ3n) is 4.43. The highest BCUT2D eigenvalue weighted by atomic mass is 16.5. The second-order valence-corrected chi connectivity index (χ2v) is 6.25. The minimum atomic E-state index is -0.439. The van der Waals surface area contributed by atoms with Gasteiger partial charge in [0.25, 0.3) is 5.91 Å². The summed E-state index contributed by atoms with van der Waals surface area (Å²) in [5.74, 6) is 0.445. The SMILES string of the molecule is COc1ccc(NC(=O)c2cccc(-c3cc4ccccc4oc3=O)c2)cc1. The van der Waals surface area contributed by atoms with Gasteiger partial charge in [-0.2, -0.15) is 0 Å². The number of carbonyl (C=O) groups excluding carboxylic acids is 1. The first-order valence-electron chi connectivity index (χ1n) is 8.73. The summed E-state index contributed by atoms with van der Waals surface area (Å²) >= 11 is 0. The summed E-state index contributed by atoms with van der Waals surface area (Å²) in [7, 11) is 1.59. The summed E-state index contributed by atoms with van der Waals surface area (Å²) in [6.07, 6.45) is 0. The number of rotatable bonds is 4. The van der Waals surface area contributed by atoms with Gasteiger partial charge in [-0.3, -0.25) is 4.79 Å². The highest BCUT2D eigenvalue weighted by molar-refractivity contribution is 6.05. The molecular formula is C23H17NO4. The third kappa shape index (κ3) is 3.50. The predicted octanol–water partition coefficient (Wildman–Crippen LogP) is 4.72. The lowest BCUT2D eigenvalue weighted by molar-refractivity contribution is 0.102. The van der Waals surface area contributed by atoms with Crippen LogP contribution < -0.4 is 15.7 Å². The molecule has 0 aliphatic heterocycles. The van der Waals surface area contributed by atoms with Crippen molar-refractivity contribution in [2.24, 2.45) is 0 Å². The maximum atomic E-state index is 12.6. The van der Waals surface area contributed by atoms with Gasteiger partial charge in [-0.25, -0.2) is 4.79 Å². The minimum absolute atomic E-state index is 0.266. The molecule has 1 aromatic heterocycles. The molecule has 0 unspecified atom stereocenters. The Morgan fingerprint density at radius 2 is 1.71 bits per heavy atom. The molecule has 0 aliphatic carbocycles. The molecule has 138 valence electrons. The summed E-state index contributed by atoms with van der Waals surface area (Å²) in [6.45, 7) is 0. The fraction of sp³-hybridized carbons (Fsp3) is 0.0435. The fourth-order valence-corrected chi connectivity index (χ4v) is 2.97. The number of hydrogen-bond donors (Lipinski definition) is 1. The van der Waals surface area contributed by atoms with Gasteiger partial charge in [-0.1, -0.05) is 30.3 Å². The molecule has 28 heavy (non-hydrogen) atoms. The molecule has 4 aromatic rings. The number of fused-ring (bicyclic) bond motifs is 1. The molecule has 1 amide bonds. The van der Waals surface area contributed by atoms with Crippen LogP contribution in [0.4, 0.5) is 5.69 Å². The number of methoxy groups -OCH3 is 1. The van der Waals surface area contributed by atoms with E-state index in [0.717, 1.165) is 5.39 Å². The summed E-state index contributed by atoms with van der Waals surface area (Å²) in [6, 6.07) is 23.1. The number of ether oxygens (including phenoxy) is 1. The molecule has 0 saturated heterocycles. The summed E-state index contributed by atoms with van der Waals surface area (Å²) in [5, 5.41) is 3.66. The van der Waals surface area contributed by atoms with Crippen molar-refractivity contribution in [2.75, 3.05) is 12.4 Å². The number of amides is 1. The molecule has 0 bridgehead atoms. The summed E-state index contributed by atoms with van der Waals surface area (Å²) in [5.41, 5.74) is 2.23. The van der Waals surface area contributed by atoms with E-state index in [9.17, 15) is 9.59 Å². The zero-order chi connectivity index (χ0) is 19.5. The minimum Gasteiger partial charge on any atom is -0.497 e. The van der Waals surface area contributed by atoms with Gasteiger partial charge in [0.1, 0.15) is 11.3 Å². The average molecular weight is 371 g/mol. The highest BCUT2D eigenvalue weighted by Gasteiger charge is 2.11. The first-order valence-corrected chi connectivity index (χ1v) is 8.73. The predicted molar refractivity (Wildman–Crippen MR) is 109 cm³/mol. The number of carbonyl (C=O) groups is 1. The lowest BCUT2D eigenvalue weighted by Gasteiger charge is -2.08. The van der Waals surface area contributed by atoms with Crippen LogP contribution >= 0.6 is 0 Å². The van der Waals surface area contributed by atoms with Crippen LogP contribution in [-0.2, 0) is 0 Å². The van der Waals surface area contributed by atoms with Crippen molar-refractivity contribution in [1.82, 2.24) is 0 Å². The van der Waals surface area contributed by atoms with Crippen molar-refractivity contribution in [3.8, 4) is 16.9 Å². The van der Waals surface area contributed by atoms with E-state index in [-0.39, 0.29) is 5.91 Å². The molecule has 4 rings (SSSR count). The number of nitrogens with one attached hydrogen (secondary N) is 1. The Bertz CT molecular complexity index is 1210. The topological polar surface area (TPSA) is 68.5 Å². The van der Waals surface area contributed by atoms with Crippen molar-refractivity contribution in [3.05, 3.63) is 94.8 Å². The van der Waals surface area contributed by atoms with Crippen LogP contribution in [0.3, 0.4) is 0 Å². The normalized spacial score (nSPS) is 10.6. The van der Waals surface area contributed by atoms with E-state index < -0.39 is 5.63 Å². The summed E-state index contributed by atoms with van der Waals surface area (Å²) in [4.78, 5) is 25.0. The standard InChI is InChI=1S/C23H17NO4/c1-27-19-11-9-18(10-12-19)24-22(25)17-7-4-6-15(13-17)20-14-16-5-2-3-8-21(16)28-23(20)26/h2-14H,1H3,(H,24,25). The first-order chi connectivity index (χ1) is 13.6. The van der Waals surface area contributed by atoms with Crippen molar-refractivity contribution < 1.29 is 13.9 Å². The van der Waals surface area contributed by atoms with Crippen molar-refractivity contribution in [1.29, 1.82) is 0 Å². The van der Waals surface area contributed by atoms with Gasteiger partial charge in [0.05, 0.1) is 12.7 Å². The van der Waals surface area contributed by atoms with Crippen LogP contribution in [0.2, 0.25) is 0 Å². The van der Waals surface area contributed by atoms with E-state index in [4.69, 9.17) is 9.15 Å². The largest absolute Gasteiger partial charge is 0.497 e. The molecule has 5 nitrogen and oxygen atoms in total. The van der Waals surface area contributed by atoms with Crippen LogP contribution in [0.1, 0.15) is 10.4 Å². The first kappa shape index (κ1) is 17.5. The smallest absolute Gasteiger partial charge is 0.344 e. The Kier molecular flexibility index (Phi) is 4.64. The molecule has 5 heteroatoms. The Morgan fingerprint density at radius 3 is 2.50 bits per heavy atom. The van der Waals surface area contributed by atoms with E-state index in [2.05, 4.69) is 5.32 Å². The zero-order valence-corrected chi connectivity index (χ0v) is 15.1. The molecule has 1 heterocycles. The molecule has 3 aromatic carbocycles. The second kappa shape index (κ2) is 7.40. The van der Waals surface area contributed by atoms with Crippen molar-refractivity contribution in [2.45, 2.75) is 0 Å². The lowest BCUT2D eigenvalue weighted by atomic mass is 10.0. The van der Waals surface area contributed by atoms with E-state index in [1.165, 1.54) is 0 Å². The molecule has 0 radical (unpaired) electrons. The second-order valence-electron chi connectivity index (χ2n) is 6.25. The van der Waals surface area contributed by atoms with Gasteiger partial charge in [0.15, 0.2) is 0 Å². The van der Waals surface area contributed by atoms with Crippen molar-refractivity contribution in [3.63, 3.8) is 0 Å². The molecule has 1 N–H and O–H groups in total. The number of anilines is 1. The monoisotopic (exact) mass is 371 g/mol. The summed E-state index contributed by atoms with van der Waals surface area (Å²) < 4.78 is 10.5. The molecule has 0 spiro atoms. The van der Waals surface area contributed by atoms with Crippen LogP contribution in [-0.4, -0.2) is 13.0 Å². The van der Waals surface area contributed by atoms with E-state index in [1.54, 1.807) is 67.8 Å². The molecule has 0 atom stereocenters. The third-order valence-corrected chi connectivity index (χ3v) is 4.43. The lowest BCUT2D eigenvalue weighted by Crippen LogP contribution is -2.12. The van der Waals surface area contributed by atoms with Gasteiger partial charge in [0.2, 0.25) is 0 Å². The van der Waals surface area contributed by atoms with Crippen LogP contribution in [0.25, 0.3) is 22.1 Å². The van der Waals surface area contributed by atoms with Gasteiger partial charge < -0.3 is 14.5 Å². The van der Waals surface area contributed by atoms with E-state index in [1.807, 2.05) is 18.2 Å². The maximum absolute atomic E-state index is 12.6. The van der Waals surface area contributed by atoms with Crippen LogP contribution in [0.15, 0.2) is 88.1 Å². The van der Waals surface area contributed by atoms with Crippen LogP contribution in [0, 0.1) is 0 Å². The van der Waals surface area contributed by atoms with Crippen LogP contribution in [0.5, 0.6) is 5.75 Å². The highest BCUT2D eigenvalue weighted by Crippen LogP contribution is 2.22. The Hall–Kier alpha value is -3.86. The maximum Gasteiger partial charge on any atom is 0.344 e. The Balaban J connectivity index is 1.65. The van der Waals surface area contributed by atoms with Gasteiger partial charge in [-0.05, 0) is 54.1 Å².